The molecule has 0 atom stereocenters. The zero-order chi connectivity index (χ0) is 22.5. The smallest absolute Gasteiger partial charge is 0.353 e. The number of halogens is 1. The summed E-state index contributed by atoms with van der Waals surface area (Å²) < 4.78 is 10.6. The van der Waals surface area contributed by atoms with Crippen molar-refractivity contribution < 1.29 is 14.4 Å². The van der Waals surface area contributed by atoms with Gasteiger partial charge >= 0.3 is 5.69 Å². The molecule has 2 N–H and O–H groups in total. The summed E-state index contributed by atoms with van der Waals surface area (Å²) in [6.45, 7) is 0. The molecule has 0 aliphatic heterocycles. The van der Waals surface area contributed by atoms with E-state index in [9.17, 15) is 10.1 Å². The highest BCUT2D eigenvalue weighted by Gasteiger charge is 2.51. The van der Waals surface area contributed by atoms with Crippen LogP contribution in [0.5, 0.6) is 11.5 Å². The number of hydrogen-bond acceptors (Lipinski definition) is 8. The highest BCUT2D eigenvalue weighted by atomic mass is 35.5. The Hall–Kier alpha value is -2.81. The first kappa shape index (κ1) is 21.1. The Balaban J connectivity index is 1.49. The molecule has 6 rings (SSSR count). The lowest BCUT2D eigenvalue weighted by Gasteiger charge is -2.57. The number of nitrogens with zero attached hydrogens (tertiary/aromatic N) is 3. The molecular weight excluding hydrogens is 434 g/mol. The van der Waals surface area contributed by atoms with Crippen LogP contribution in [0.3, 0.4) is 0 Å². The van der Waals surface area contributed by atoms with Gasteiger partial charge in [-0.15, -0.1) is 0 Å². The molecule has 9 nitrogen and oxygen atoms in total. The zero-order valence-electron chi connectivity index (χ0n) is 18.1. The number of rotatable bonds is 7. The fraction of sp³-hybridized carbons (Fsp3) is 0.545. The topological polar surface area (TPSA) is 111 Å². The fourth-order valence-corrected chi connectivity index (χ4v) is 6.58. The van der Waals surface area contributed by atoms with Gasteiger partial charge in [0.2, 0.25) is 11.6 Å². The molecule has 4 fully saturated rings. The number of methoxy groups -OCH3 is 2. The Kier molecular flexibility index (Phi) is 5.23. The summed E-state index contributed by atoms with van der Waals surface area (Å²) >= 11 is 6.26. The minimum Gasteiger partial charge on any atom is -0.495 e. The molecule has 1 aromatic heterocycles. The van der Waals surface area contributed by atoms with Crippen molar-refractivity contribution in [3.63, 3.8) is 0 Å². The van der Waals surface area contributed by atoms with Gasteiger partial charge in [0, 0.05) is 11.6 Å². The maximum absolute atomic E-state index is 12.1. The van der Waals surface area contributed by atoms with Crippen LogP contribution in [0.2, 0.25) is 5.02 Å². The molecular formula is C22H26ClN5O4. The predicted octanol–water partition coefficient (Wildman–Crippen LogP) is 5.18. The fourth-order valence-electron chi connectivity index (χ4n) is 6.33. The third-order valence-electron chi connectivity index (χ3n) is 7.15. The van der Waals surface area contributed by atoms with E-state index in [2.05, 4.69) is 20.6 Å². The second-order valence-electron chi connectivity index (χ2n) is 9.31. The predicted molar refractivity (Wildman–Crippen MR) is 121 cm³/mol. The van der Waals surface area contributed by atoms with Crippen LogP contribution in [0.4, 0.5) is 23.0 Å². The Morgan fingerprint density at radius 1 is 1.03 bits per heavy atom. The van der Waals surface area contributed by atoms with Gasteiger partial charge in [0.15, 0.2) is 0 Å². The van der Waals surface area contributed by atoms with E-state index in [0.29, 0.717) is 40.0 Å². The molecule has 0 amide bonds. The molecule has 0 saturated heterocycles. The molecule has 4 bridgehead atoms. The zero-order valence-corrected chi connectivity index (χ0v) is 18.8. The minimum atomic E-state index is -0.442. The van der Waals surface area contributed by atoms with Crippen molar-refractivity contribution in [2.75, 3.05) is 24.9 Å². The molecule has 0 unspecified atom stereocenters. The van der Waals surface area contributed by atoms with Crippen molar-refractivity contribution in [2.24, 2.45) is 17.8 Å². The average molecular weight is 460 g/mol. The molecule has 10 heteroatoms. The lowest BCUT2D eigenvalue weighted by Crippen LogP contribution is -2.55. The number of anilines is 3. The van der Waals surface area contributed by atoms with Crippen LogP contribution in [0.15, 0.2) is 18.5 Å². The van der Waals surface area contributed by atoms with E-state index in [0.717, 1.165) is 19.3 Å². The Labute approximate surface area is 191 Å². The lowest BCUT2D eigenvalue weighted by atomic mass is 9.53. The van der Waals surface area contributed by atoms with E-state index in [1.807, 2.05) is 0 Å². The monoisotopic (exact) mass is 459 g/mol. The van der Waals surface area contributed by atoms with E-state index in [4.69, 9.17) is 21.1 Å². The van der Waals surface area contributed by atoms with Crippen molar-refractivity contribution in [1.82, 2.24) is 9.97 Å². The van der Waals surface area contributed by atoms with E-state index < -0.39 is 4.92 Å². The Morgan fingerprint density at radius 3 is 2.19 bits per heavy atom. The van der Waals surface area contributed by atoms with E-state index in [1.54, 1.807) is 12.1 Å². The van der Waals surface area contributed by atoms with Crippen LogP contribution in [0, 0.1) is 27.9 Å². The van der Waals surface area contributed by atoms with Gasteiger partial charge in [0.25, 0.3) is 0 Å². The highest BCUT2D eigenvalue weighted by molar-refractivity contribution is 6.32. The molecule has 32 heavy (non-hydrogen) atoms. The van der Waals surface area contributed by atoms with Crippen molar-refractivity contribution in [1.29, 1.82) is 0 Å². The molecule has 0 radical (unpaired) electrons. The van der Waals surface area contributed by atoms with Crippen LogP contribution in [-0.2, 0) is 0 Å². The summed E-state index contributed by atoms with van der Waals surface area (Å²) in [5.41, 5.74) is 0.143. The van der Waals surface area contributed by atoms with E-state index >= 15 is 0 Å². The van der Waals surface area contributed by atoms with Crippen molar-refractivity contribution in [2.45, 2.75) is 44.1 Å². The minimum absolute atomic E-state index is 0.0803. The average Bonchev–Trinajstić information content (AvgIpc) is 2.72. The summed E-state index contributed by atoms with van der Waals surface area (Å²) in [4.78, 5) is 20.1. The third kappa shape index (κ3) is 3.68. The Bertz CT molecular complexity index is 1030. The summed E-state index contributed by atoms with van der Waals surface area (Å²) in [7, 11) is 3.01. The SMILES string of the molecule is COc1cc(OC)c(Nc2ncnc(NC34CC5CC(CC(C5)C3)C4)c2[N+](=O)[O-])cc1Cl. The largest absolute Gasteiger partial charge is 0.495 e. The van der Waals surface area contributed by atoms with Gasteiger partial charge < -0.3 is 20.1 Å². The number of aromatic nitrogens is 2. The quantitative estimate of drug-likeness (QED) is 0.430. The van der Waals surface area contributed by atoms with Crippen LogP contribution >= 0.6 is 11.6 Å². The first-order valence-corrected chi connectivity index (χ1v) is 11.2. The van der Waals surface area contributed by atoms with Gasteiger partial charge in [-0.25, -0.2) is 9.97 Å². The first-order chi connectivity index (χ1) is 15.4. The second-order valence-corrected chi connectivity index (χ2v) is 9.72. The van der Waals surface area contributed by atoms with Crippen LogP contribution in [0.1, 0.15) is 38.5 Å². The standard InChI is InChI=1S/C22H26ClN5O4/c1-31-17-7-18(32-2)16(6-15(17)23)26-20-19(28(29)30)21(25-11-24-20)27-22-8-12-3-13(9-22)5-14(4-12)10-22/h6-7,11-14H,3-5,8-10H2,1-2H3,(H2,24,25,26,27). The number of nitro groups is 1. The number of hydrogen-bond donors (Lipinski definition) is 2. The molecule has 4 saturated carbocycles. The van der Waals surface area contributed by atoms with Gasteiger partial charge in [0.1, 0.15) is 17.8 Å². The van der Waals surface area contributed by atoms with Crippen LogP contribution in [-0.4, -0.2) is 34.6 Å². The highest BCUT2D eigenvalue weighted by Crippen LogP contribution is 2.57. The second kappa shape index (κ2) is 7.95. The molecule has 2 aromatic rings. The summed E-state index contributed by atoms with van der Waals surface area (Å²) in [5, 5.41) is 19.0. The van der Waals surface area contributed by atoms with Crippen molar-refractivity contribution in [3.05, 3.63) is 33.6 Å². The normalized spacial score (nSPS) is 27.8. The van der Waals surface area contributed by atoms with Gasteiger partial charge in [-0.1, -0.05) is 11.6 Å². The summed E-state index contributed by atoms with van der Waals surface area (Å²) in [6.07, 6.45) is 8.35. The first-order valence-electron chi connectivity index (χ1n) is 10.9. The maximum atomic E-state index is 12.1. The molecule has 4 aliphatic rings. The van der Waals surface area contributed by atoms with E-state index in [1.165, 1.54) is 39.8 Å². The molecule has 1 aromatic carbocycles. The van der Waals surface area contributed by atoms with Gasteiger partial charge in [-0.2, -0.15) is 0 Å². The maximum Gasteiger partial charge on any atom is 0.353 e. The molecule has 4 aliphatic carbocycles. The molecule has 0 spiro atoms. The van der Waals surface area contributed by atoms with E-state index in [-0.39, 0.29) is 22.9 Å². The number of benzene rings is 1. The summed E-state index contributed by atoms with van der Waals surface area (Å²) in [5.74, 6) is 3.32. The molecule has 170 valence electrons. The van der Waals surface area contributed by atoms with Crippen LogP contribution in [0.25, 0.3) is 0 Å². The van der Waals surface area contributed by atoms with Crippen molar-refractivity contribution >= 4 is 34.6 Å². The third-order valence-corrected chi connectivity index (χ3v) is 7.45. The Morgan fingerprint density at radius 2 is 1.62 bits per heavy atom. The lowest BCUT2D eigenvalue weighted by molar-refractivity contribution is -0.383. The molecule has 1 heterocycles. The summed E-state index contributed by atoms with van der Waals surface area (Å²) in [6, 6.07) is 3.21. The number of ether oxygens (including phenoxy) is 2. The van der Waals surface area contributed by atoms with Gasteiger partial charge in [0.05, 0.1) is 29.9 Å². The van der Waals surface area contributed by atoms with Gasteiger partial charge in [-0.3, -0.25) is 10.1 Å². The van der Waals surface area contributed by atoms with Crippen molar-refractivity contribution in [3.8, 4) is 11.5 Å². The van der Waals surface area contributed by atoms with Crippen LogP contribution < -0.4 is 20.1 Å². The van der Waals surface area contributed by atoms with Gasteiger partial charge in [-0.05, 0) is 62.3 Å². The number of nitrogens with one attached hydrogen (secondary N) is 2.